The van der Waals surface area contributed by atoms with Crippen LogP contribution in [0.5, 0.6) is 5.75 Å². The maximum atomic E-state index is 10.2. The summed E-state index contributed by atoms with van der Waals surface area (Å²) in [4.78, 5) is 10.2. The second-order valence-electron chi connectivity index (χ2n) is 2.60. The van der Waals surface area contributed by atoms with Crippen LogP contribution >= 0.6 is 0 Å². The molecule has 0 aromatic heterocycles. The van der Waals surface area contributed by atoms with Crippen LogP contribution in [0.3, 0.4) is 0 Å². The Morgan fingerprint density at radius 2 is 2.14 bits per heavy atom. The lowest BCUT2D eigenvalue weighted by Gasteiger charge is -2.08. The summed E-state index contributed by atoms with van der Waals surface area (Å²) in [7, 11) is 0. The number of hydrogen-bond acceptors (Lipinski definition) is 3. The van der Waals surface area contributed by atoms with Gasteiger partial charge in [0.25, 0.3) is 0 Å². The van der Waals surface area contributed by atoms with Crippen molar-refractivity contribution < 1.29 is 19.4 Å². The fourth-order valence-electron chi connectivity index (χ4n) is 1.06. The van der Waals surface area contributed by atoms with E-state index in [-0.39, 0.29) is 6.61 Å². The van der Waals surface area contributed by atoms with Crippen molar-refractivity contribution in [3.63, 3.8) is 0 Å². The van der Waals surface area contributed by atoms with E-state index in [1.807, 2.05) is 19.1 Å². The van der Waals surface area contributed by atoms with Gasteiger partial charge in [-0.3, -0.25) is 0 Å². The molecule has 0 atom stereocenters. The smallest absolute Gasteiger partial charge is 0.493 e. The van der Waals surface area contributed by atoms with Crippen molar-refractivity contribution in [3.8, 4) is 5.75 Å². The molecule has 0 unspecified atom stereocenters. The molecule has 0 amide bonds. The summed E-state index contributed by atoms with van der Waals surface area (Å²) in [6.45, 7) is 2.43. The molecule has 0 aliphatic heterocycles. The highest BCUT2D eigenvalue weighted by Crippen LogP contribution is 2.18. The van der Waals surface area contributed by atoms with E-state index in [0.29, 0.717) is 12.4 Å². The maximum absolute atomic E-state index is 10.2. The molecule has 14 heavy (non-hydrogen) atoms. The monoisotopic (exact) mass is 196 g/mol. The van der Waals surface area contributed by atoms with E-state index in [4.69, 9.17) is 9.84 Å². The van der Waals surface area contributed by atoms with Crippen LogP contribution in [-0.4, -0.2) is 17.9 Å². The van der Waals surface area contributed by atoms with E-state index in [9.17, 15) is 4.79 Å². The number of ether oxygens (including phenoxy) is 2. The van der Waals surface area contributed by atoms with Crippen LogP contribution in [0, 0.1) is 0 Å². The Balaban J connectivity index is 2.68. The first-order valence-electron chi connectivity index (χ1n) is 4.30. The molecule has 1 rings (SSSR count). The summed E-state index contributed by atoms with van der Waals surface area (Å²) in [5.74, 6) is 0.663. The van der Waals surface area contributed by atoms with Crippen molar-refractivity contribution in [1.82, 2.24) is 0 Å². The quantitative estimate of drug-likeness (QED) is 0.750. The summed E-state index contributed by atoms with van der Waals surface area (Å²) in [6.07, 6.45) is -1.28. The van der Waals surface area contributed by atoms with Gasteiger partial charge in [0.1, 0.15) is 12.4 Å². The van der Waals surface area contributed by atoms with Gasteiger partial charge in [0.2, 0.25) is 0 Å². The molecule has 0 radical (unpaired) electrons. The zero-order valence-electron chi connectivity index (χ0n) is 7.90. The third kappa shape index (κ3) is 2.97. The molecule has 0 bridgehead atoms. The summed E-state index contributed by atoms with van der Waals surface area (Å²) in [5.41, 5.74) is 0.733. The molecule has 1 N–H and O–H groups in total. The first-order chi connectivity index (χ1) is 6.74. The average molecular weight is 196 g/mol. The Hall–Kier alpha value is -1.71. The summed E-state index contributed by atoms with van der Waals surface area (Å²) < 4.78 is 9.75. The fraction of sp³-hybridized carbons (Fsp3) is 0.300. The number of hydrogen-bond donors (Lipinski definition) is 1. The minimum atomic E-state index is -1.28. The van der Waals surface area contributed by atoms with Gasteiger partial charge in [-0.15, -0.1) is 0 Å². The van der Waals surface area contributed by atoms with Gasteiger partial charge in [0.05, 0.1) is 6.61 Å². The lowest BCUT2D eigenvalue weighted by atomic mass is 10.2. The highest BCUT2D eigenvalue weighted by atomic mass is 16.7. The molecule has 0 fully saturated rings. The number of carboxylic acid groups (broad SMARTS) is 1. The van der Waals surface area contributed by atoms with E-state index >= 15 is 0 Å². The van der Waals surface area contributed by atoms with Crippen LogP contribution in [-0.2, 0) is 11.3 Å². The first-order valence-corrected chi connectivity index (χ1v) is 4.30. The second-order valence-corrected chi connectivity index (χ2v) is 2.60. The minimum absolute atomic E-state index is 0.0194. The predicted octanol–water partition coefficient (Wildman–Crippen LogP) is 2.28. The van der Waals surface area contributed by atoms with Gasteiger partial charge in [0.15, 0.2) is 0 Å². The molecule has 4 heteroatoms. The van der Waals surface area contributed by atoms with E-state index in [0.717, 1.165) is 5.56 Å². The van der Waals surface area contributed by atoms with Gasteiger partial charge in [-0.1, -0.05) is 18.2 Å². The Morgan fingerprint density at radius 3 is 2.79 bits per heavy atom. The van der Waals surface area contributed by atoms with Crippen LogP contribution in [0.25, 0.3) is 0 Å². The Labute approximate surface area is 82.1 Å². The summed E-state index contributed by atoms with van der Waals surface area (Å²) >= 11 is 0. The molecule has 0 spiro atoms. The minimum Gasteiger partial charge on any atom is -0.493 e. The number of para-hydroxylation sites is 1. The van der Waals surface area contributed by atoms with Crippen molar-refractivity contribution in [2.45, 2.75) is 13.5 Å². The van der Waals surface area contributed by atoms with Crippen molar-refractivity contribution in [3.05, 3.63) is 29.8 Å². The van der Waals surface area contributed by atoms with Crippen molar-refractivity contribution in [2.75, 3.05) is 6.61 Å². The van der Waals surface area contributed by atoms with Crippen LogP contribution in [0.2, 0.25) is 0 Å². The van der Waals surface area contributed by atoms with Gasteiger partial charge in [-0.05, 0) is 13.0 Å². The van der Waals surface area contributed by atoms with Crippen LogP contribution in [0.1, 0.15) is 12.5 Å². The zero-order valence-corrected chi connectivity index (χ0v) is 7.90. The molecule has 0 saturated carbocycles. The fourth-order valence-corrected chi connectivity index (χ4v) is 1.06. The topological polar surface area (TPSA) is 55.8 Å². The normalized spacial score (nSPS) is 9.50. The van der Waals surface area contributed by atoms with E-state index in [2.05, 4.69) is 4.74 Å². The van der Waals surface area contributed by atoms with E-state index in [1.165, 1.54) is 0 Å². The van der Waals surface area contributed by atoms with Gasteiger partial charge < -0.3 is 14.6 Å². The number of rotatable bonds is 4. The molecule has 0 saturated heterocycles. The third-order valence-electron chi connectivity index (χ3n) is 1.62. The molecular formula is C10H12O4. The maximum Gasteiger partial charge on any atom is 0.506 e. The standard InChI is InChI=1S/C10H12O4/c1-2-13-9-6-4-3-5-8(9)7-14-10(11)12/h3-6H,2,7H2,1H3,(H,11,12). The SMILES string of the molecule is CCOc1ccccc1COC(=O)O. The summed E-state index contributed by atoms with van der Waals surface area (Å²) in [5, 5.41) is 8.33. The van der Waals surface area contributed by atoms with Crippen molar-refractivity contribution in [2.24, 2.45) is 0 Å². The van der Waals surface area contributed by atoms with Gasteiger partial charge in [-0.2, -0.15) is 0 Å². The van der Waals surface area contributed by atoms with Crippen LogP contribution in [0.4, 0.5) is 4.79 Å². The Bertz CT molecular complexity index is 309. The van der Waals surface area contributed by atoms with Crippen molar-refractivity contribution >= 4 is 6.16 Å². The predicted molar refractivity (Wildman–Crippen MR) is 50.4 cm³/mol. The zero-order chi connectivity index (χ0) is 10.4. The highest BCUT2D eigenvalue weighted by molar-refractivity contribution is 5.57. The molecule has 0 aliphatic carbocycles. The first kappa shape index (κ1) is 10.4. The van der Waals surface area contributed by atoms with Gasteiger partial charge in [-0.25, -0.2) is 4.79 Å². The molecule has 76 valence electrons. The van der Waals surface area contributed by atoms with E-state index < -0.39 is 6.16 Å². The Kier molecular flexibility index (Phi) is 3.79. The van der Waals surface area contributed by atoms with Crippen LogP contribution in [0.15, 0.2) is 24.3 Å². The molecule has 0 heterocycles. The van der Waals surface area contributed by atoms with Crippen molar-refractivity contribution in [1.29, 1.82) is 0 Å². The average Bonchev–Trinajstić information content (AvgIpc) is 2.17. The molecule has 1 aromatic carbocycles. The van der Waals surface area contributed by atoms with E-state index in [1.54, 1.807) is 12.1 Å². The number of benzene rings is 1. The molecule has 4 nitrogen and oxygen atoms in total. The molecule has 1 aromatic rings. The largest absolute Gasteiger partial charge is 0.506 e. The lowest BCUT2D eigenvalue weighted by molar-refractivity contribution is 0.0846. The highest BCUT2D eigenvalue weighted by Gasteiger charge is 2.04. The third-order valence-corrected chi connectivity index (χ3v) is 1.62. The van der Waals surface area contributed by atoms with Crippen LogP contribution < -0.4 is 4.74 Å². The Morgan fingerprint density at radius 1 is 1.43 bits per heavy atom. The molecule has 0 aliphatic rings. The lowest BCUT2D eigenvalue weighted by Crippen LogP contribution is -2.02. The molecular weight excluding hydrogens is 184 g/mol. The van der Waals surface area contributed by atoms with Gasteiger partial charge >= 0.3 is 6.16 Å². The number of carbonyl (C=O) groups is 1. The van der Waals surface area contributed by atoms with Gasteiger partial charge in [0, 0.05) is 5.56 Å². The second kappa shape index (κ2) is 5.11. The summed E-state index contributed by atoms with van der Waals surface area (Å²) in [6, 6.07) is 7.19.